The van der Waals surface area contributed by atoms with Gasteiger partial charge in [0, 0.05) is 22.7 Å². The van der Waals surface area contributed by atoms with Crippen molar-refractivity contribution in [2.45, 2.75) is 111 Å². The van der Waals surface area contributed by atoms with Gasteiger partial charge in [0.05, 0.1) is 28.8 Å². The van der Waals surface area contributed by atoms with Gasteiger partial charge >= 0.3 is 0 Å². The number of benzene rings is 8. The number of para-hydroxylation sites is 2. The topological polar surface area (TPSA) is 6.48 Å². The summed E-state index contributed by atoms with van der Waals surface area (Å²) in [4.78, 5) is 4.40. The molecular formula is C80H76F2N2. The third kappa shape index (κ3) is 10.1. The molecule has 8 aromatic rings. The highest BCUT2D eigenvalue weighted by Gasteiger charge is 2.42. The lowest BCUT2D eigenvalue weighted by Crippen LogP contribution is -2.38. The van der Waals surface area contributed by atoms with Crippen molar-refractivity contribution >= 4 is 22.7 Å². The predicted octanol–water partition coefficient (Wildman–Crippen LogP) is 21.9. The molecular weight excluding hydrogens is 1030 g/mol. The third-order valence-electron chi connectivity index (χ3n) is 17.3. The van der Waals surface area contributed by atoms with E-state index in [4.69, 9.17) is 0 Å². The zero-order valence-corrected chi connectivity index (χ0v) is 50.7. The average molecular weight is 1100 g/mol. The minimum atomic E-state index is -0.430. The number of anilines is 4. The molecule has 2 nitrogen and oxygen atoms in total. The lowest BCUT2D eigenvalue weighted by atomic mass is 9.67. The molecule has 8 aromatic carbocycles. The van der Waals surface area contributed by atoms with Crippen molar-refractivity contribution in [3.05, 3.63) is 298 Å². The van der Waals surface area contributed by atoms with Crippen LogP contribution in [0.2, 0.25) is 0 Å². The van der Waals surface area contributed by atoms with Crippen LogP contribution in [0.1, 0.15) is 105 Å². The highest BCUT2D eigenvalue weighted by Crippen LogP contribution is 2.55. The van der Waals surface area contributed by atoms with Crippen LogP contribution in [0.15, 0.2) is 264 Å². The van der Waals surface area contributed by atoms with Crippen LogP contribution in [0, 0.1) is 17.6 Å². The maximum Gasteiger partial charge on any atom is 0.147 e. The molecule has 0 N–H and O–H groups in total. The van der Waals surface area contributed by atoms with Crippen LogP contribution in [-0.4, -0.2) is 6.04 Å². The van der Waals surface area contributed by atoms with Crippen LogP contribution in [0.25, 0.3) is 44.5 Å². The van der Waals surface area contributed by atoms with E-state index in [9.17, 15) is 0 Å². The summed E-state index contributed by atoms with van der Waals surface area (Å²) in [5.74, 6) is -0.839. The first kappa shape index (κ1) is 55.9. The minimum absolute atomic E-state index is 0.109. The Hall–Kier alpha value is -8.60. The first-order valence-electron chi connectivity index (χ1n) is 29.8. The first-order chi connectivity index (χ1) is 40.1. The second-order valence-corrected chi connectivity index (χ2v) is 27.2. The van der Waals surface area contributed by atoms with Crippen LogP contribution in [0.4, 0.5) is 31.5 Å². The second kappa shape index (κ2) is 21.2. The summed E-state index contributed by atoms with van der Waals surface area (Å²) in [7, 11) is 0. The second-order valence-electron chi connectivity index (χ2n) is 27.2. The van der Waals surface area contributed by atoms with E-state index < -0.39 is 6.04 Å². The third-order valence-corrected chi connectivity index (χ3v) is 17.3. The maximum atomic E-state index is 17.2. The zero-order valence-electron chi connectivity index (χ0n) is 50.7. The van der Waals surface area contributed by atoms with Gasteiger partial charge in [-0.15, -0.1) is 0 Å². The van der Waals surface area contributed by atoms with Crippen molar-refractivity contribution in [3.8, 4) is 44.5 Å². The first-order valence-corrected chi connectivity index (χ1v) is 29.8. The number of nitrogens with zero attached hydrogens (tertiary/aromatic N) is 2. The summed E-state index contributed by atoms with van der Waals surface area (Å²) in [5.41, 5.74) is 22.2. The predicted molar refractivity (Wildman–Crippen MR) is 351 cm³/mol. The minimum Gasteiger partial charge on any atom is -0.327 e. The molecule has 2 unspecified atom stereocenters. The van der Waals surface area contributed by atoms with Crippen molar-refractivity contribution in [1.82, 2.24) is 0 Å². The molecule has 0 amide bonds. The fraction of sp³-hybridized carbons (Fsp3) is 0.225. The maximum absolute atomic E-state index is 17.2. The van der Waals surface area contributed by atoms with E-state index in [1.54, 1.807) is 24.3 Å². The van der Waals surface area contributed by atoms with Crippen molar-refractivity contribution in [2.75, 3.05) is 9.80 Å². The Morgan fingerprint density at radius 3 is 1.32 bits per heavy atom. The highest BCUT2D eigenvalue weighted by atomic mass is 19.1. The Kier molecular flexibility index (Phi) is 14.1. The summed E-state index contributed by atoms with van der Waals surface area (Å²) in [6.45, 7) is 27.2. The molecule has 12 rings (SSSR count). The van der Waals surface area contributed by atoms with Gasteiger partial charge in [0.2, 0.25) is 0 Å². The van der Waals surface area contributed by atoms with Gasteiger partial charge in [0.15, 0.2) is 0 Å². The van der Waals surface area contributed by atoms with E-state index >= 15 is 8.78 Å². The normalized spacial score (nSPS) is 16.6. The Bertz CT molecular complexity index is 4160. The van der Waals surface area contributed by atoms with E-state index in [2.05, 4.69) is 275 Å². The number of allylic oxidation sites excluding steroid dienone is 10. The summed E-state index contributed by atoms with van der Waals surface area (Å²) in [6, 6.07) is 62.4. The summed E-state index contributed by atoms with van der Waals surface area (Å²) >= 11 is 0. The quantitative estimate of drug-likeness (QED) is 0.135. The van der Waals surface area contributed by atoms with Gasteiger partial charge in [-0.05, 0) is 160 Å². The van der Waals surface area contributed by atoms with Crippen molar-refractivity contribution in [3.63, 3.8) is 0 Å². The van der Waals surface area contributed by atoms with Gasteiger partial charge in [0.25, 0.3) is 0 Å². The van der Waals surface area contributed by atoms with E-state index in [1.165, 1.54) is 33.4 Å². The number of hydrogen-bond donors (Lipinski definition) is 0. The molecule has 0 fully saturated rings. The monoisotopic (exact) mass is 1100 g/mol. The largest absolute Gasteiger partial charge is 0.327 e. The molecule has 2 atom stereocenters. The molecule has 0 radical (unpaired) electrons. The van der Waals surface area contributed by atoms with Crippen LogP contribution >= 0.6 is 0 Å². The van der Waals surface area contributed by atoms with Crippen molar-refractivity contribution < 1.29 is 8.78 Å². The van der Waals surface area contributed by atoms with Gasteiger partial charge in [-0.1, -0.05) is 259 Å². The number of rotatable bonds is 10. The molecule has 4 aliphatic rings. The lowest BCUT2D eigenvalue weighted by Gasteiger charge is -2.44. The Morgan fingerprint density at radius 2 is 0.810 bits per heavy atom. The zero-order chi connectivity index (χ0) is 59.0. The van der Waals surface area contributed by atoms with Crippen LogP contribution in [-0.2, 0) is 21.7 Å². The summed E-state index contributed by atoms with van der Waals surface area (Å²) < 4.78 is 34.4. The summed E-state index contributed by atoms with van der Waals surface area (Å²) in [5, 5.41) is 0. The molecule has 0 saturated carbocycles. The van der Waals surface area contributed by atoms with Crippen LogP contribution < -0.4 is 9.80 Å². The fourth-order valence-electron chi connectivity index (χ4n) is 13.4. The molecule has 420 valence electrons. The molecule has 0 aliphatic heterocycles. The number of hydrogen-bond acceptors (Lipinski definition) is 2. The molecule has 0 saturated heterocycles. The standard InChI is InChI=1S/C80H76F2N2/c1-77(2,3)63-29-17-13-25-55(63)53-41-47-71(61(49-53)57-27-15-19-31-65(57)79(7,8)9)83(73-35-23-21-33-67(73)81)69-45-39-51-38-44-60-70(46-40-52-37-43-59(69)75(51)76(52)60)84(74-36-24-22-34-68(74)82)72-48-42-54(56-26-14-18-30-64(56)78(4,5)6)50-62(72)58-28-16-20-32-66(58)80(10,11)12/h13-50,69,76H,1-12H3. The molecule has 0 bridgehead atoms. The van der Waals surface area contributed by atoms with Gasteiger partial charge in [-0.3, -0.25) is 0 Å². The van der Waals surface area contributed by atoms with E-state index in [1.807, 2.05) is 24.3 Å². The summed E-state index contributed by atoms with van der Waals surface area (Å²) in [6.07, 6.45) is 17.9. The molecule has 4 aliphatic carbocycles. The molecule has 0 spiro atoms. The van der Waals surface area contributed by atoms with E-state index in [0.717, 1.165) is 78.3 Å². The molecule has 0 aromatic heterocycles. The Balaban J connectivity index is 1.06. The average Bonchev–Trinajstić information content (AvgIpc) is 0.846. The smallest absolute Gasteiger partial charge is 0.147 e. The Morgan fingerprint density at radius 1 is 0.369 bits per heavy atom. The van der Waals surface area contributed by atoms with Gasteiger partial charge in [-0.2, -0.15) is 0 Å². The van der Waals surface area contributed by atoms with Crippen LogP contribution in [0.3, 0.4) is 0 Å². The van der Waals surface area contributed by atoms with E-state index in [0.29, 0.717) is 11.4 Å². The molecule has 84 heavy (non-hydrogen) atoms. The van der Waals surface area contributed by atoms with Crippen molar-refractivity contribution in [2.24, 2.45) is 5.92 Å². The SMILES string of the molecule is CC(C)(C)c1ccccc1-c1ccc(N(C2=C3C=CC4=C5C(=CC=C(C=C2)C35)C(N(c2ccccc2F)c2ccc(-c3ccccc3C(C)(C)C)cc2-c2ccccc2C(C)(C)C)C=C4)c2ccccc2F)c(-c2ccccc2C(C)(C)C)c1. The fourth-order valence-corrected chi connectivity index (χ4v) is 13.4. The number of halogens is 2. The Labute approximate surface area is 498 Å². The van der Waals surface area contributed by atoms with Gasteiger partial charge < -0.3 is 9.80 Å². The van der Waals surface area contributed by atoms with Crippen LogP contribution in [0.5, 0.6) is 0 Å². The van der Waals surface area contributed by atoms with E-state index in [-0.39, 0.29) is 39.2 Å². The van der Waals surface area contributed by atoms with Gasteiger partial charge in [-0.25, -0.2) is 8.78 Å². The molecule has 4 heteroatoms. The van der Waals surface area contributed by atoms with Crippen molar-refractivity contribution in [1.29, 1.82) is 0 Å². The molecule has 0 heterocycles. The lowest BCUT2D eigenvalue weighted by molar-refractivity contribution is 0.591. The van der Waals surface area contributed by atoms with Gasteiger partial charge in [0.1, 0.15) is 11.6 Å². The highest BCUT2D eigenvalue weighted by molar-refractivity contribution is 5.93.